The second-order valence-electron chi connectivity index (χ2n) is 8.33. The van der Waals surface area contributed by atoms with Crippen molar-refractivity contribution in [1.29, 1.82) is 0 Å². The van der Waals surface area contributed by atoms with Gasteiger partial charge >= 0.3 is 11.9 Å². The molecule has 4 N–H and O–H groups in total. The maximum absolute atomic E-state index is 12.8. The van der Waals surface area contributed by atoms with E-state index in [1.165, 1.54) is 0 Å². The number of carboxylic acid groups (broad SMARTS) is 2. The predicted octanol–water partition coefficient (Wildman–Crippen LogP) is 3.39. The quantitative estimate of drug-likeness (QED) is 0.526. The summed E-state index contributed by atoms with van der Waals surface area (Å²) in [5.74, 6) is -3.58. The van der Waals surface area contributed by atoms with Gasteiger partial charge < -0.3 is 20.5 Å². The van der Waals surface area contributed by atoms with Gasteiger partial charge in [-0.2, -0.15) is 0 Å². The molecule has 2 aliphatic rings. The minimum absolute atomic E-state index is 0.334. The Kier molecular flexibility index (Phi) is 6.08. The number of aromatic amines is 1. The highest BCUT2D eigenvalue weighted by Crippen LogP contribution is 2.33. The van der Waals surface area contributed by atoms with Crippen molar-refractivity contribution in [3.05, 3.63) is 42.1 Å². The molecule has 8 heteroatoms. The monoisotopic (exact) mass is 425 g/mol. The fraction of sp³-hybridized carbons (Fsp3) is 0.435. The molecule has 1 aliphatic heterocycles. The summed E-state index contributed by atoms with van der Waals surface area (Å²) in [6.45, 7) is 1.48. The molecule has 1 aliphatic carbocycles. The van der Waals surface area contributed by atoms with E-state index in [0.29, 0.717) is 24.1 Å². The van der Waals surface area contributed by atoms with Crippen LogP contribution in [0.3, 0.4) is 0 Å². The molecular weight excluding hydrogens is 398 g/mol. The molecule has 4 rings (SSSR count). The third-order valence-corrected chi connectivity index (χ3v) is 6.35. The number of H-pyrrole nitrogens is 1. The lowest BCUT2D eigenvalue weighted by Gasteiger charge is -2.31. The second kappa shape index (κ2) is 8.93. The van der Waals surface area contributed by atoms with E-state index in [1.807, 2.05) is 11.0 Å². The van der Waals surface area contributed by atoms with Crippen LogP contribution in [0.15, 0.2) is 36.5 Å². The molecule has 2 aromatic rings. The van der Waals surface area contributed by atoms with Crippen molar-refractivity contribution >= 4 is 34.4 Å². The number of nitrogens with zero attached hydrogens (tertiary/aromatic N) is 1. The molecule has 31 heavy (non-hydrogen) atoms. The minimum atomic E-state index is -0.973. The number of anilines is 1. The summed E-state index contributed by atoms with van der Waals surface area (Å²) in [6, 6.07) is 4.57. The van der Waals surface area contributed by atoms with Gasteiger partial charge in [0, 0.05) is 28.4 Å². The van der Waals surface area contributed by atoms with Gasteiger partial charge in [-0.1, -0.05) is 18.6 Å². The summed E-state index contributed by atoms with van der Waals surface area (Å²) in [6.07, 6.45) is 9.17. The van der Waals surface area contributed by atoms with Gasteiger partial charge in [-0.15, -0.1) is 0 Å². The smallest absolute Gasteiger partial charge is 0.325 e. The number of aromatic nitrogens is 1. The van der Waals surface area contributed by atoms with Crippen molar-refractivity contribution in [2.75, 3.05) is 18.4 Å². The van der Waals surface area contributed by atoms with Crippen LogP contribution < -0.4 is 5.32 Å². The SMILES string of the molecule is O=C(O)[C@H]1CC=CC[C@@H]1C(=O)Nc1ccc2[nH]cc([C@H](C(=O)O)N3CCCCC3)c2c1. The predicted molar refractivity (Wildman–Crippen MR) is 116 cm³/mol. The Labute approximate surface area is 179 Å². The van der Waals surface area contributed by atoms with Crippen LogP contribution in [-0.2, 0) is 14.4 Å². The van der Waals surface area contributed by atoms with Crippen molar-refractivity contribution < 1.29 is 24.6 Å². The van der Waals surface area contributed by atoms with Crippen LogP contribution in [0.1, 0.15) is 43.7 Å². The van der Waals surface area contributed by atoms with E-state index in [9.17, 15) is 24.6 Å². The molecule has 1 fully saturated rings. The lowest BCUT2D eigenvalue weighted by atomic mass is 9.82. The summed E-state index contributed by atoms with van der Waals surface area (Å²) in [7, 11) is 0. The second-order valence-corrected chi connectivity index (χ2v) is 8.33. The number of rotatable bonds is 6. The van der Waals surface area contributed by atoms with Crippen LogP contribution in [-0.4, -0.2) is 51.0 Å². The largest absolute Gasteiger partial charge is 0.481 e. The first-order valence-corrected chi connectivity index (χ1v) is 10.7. The van der Waals surface area contributed by atoms with Crippen LogP contribution in [0.2, 0.25) is 0 Å². The summed E-state index contributed by atoms with van der Waals surface area (Å²) >= 11 is 0. The van der Waals surface area contributed by atoms with Crippen LogP contribution in [0.25, 0.3) is 10.9 Å². The van der Waals surface area contributed by atoms with Crippen LogP contribution in [0.5, 0.6) is 0 Å². The third kappa shape index (κ3) is 4.34. The van der Waals surface area contributed by atoms with Crippen molar-refractivity contribution in [2.45, 2.75) is 38.1 Å². The van der Waals surface area contributed by atoms with Gasteiger partial charge in [-0.05, 0) is 57.0 Å². The fourth-order valence-electron chi connectivity index (χ4n) is 4.72. The van der Waals surface area contributed by atoms with E-state index in [-0.39, 0.29) is 5.91 Å². The van der Waals surface area contributed by atoms with Crippen LogP contribution in [0.4, 0.5) is 5.69 Å². The van der Waals surface area contributed by atoms with Crippen molar-refractivity contribution in [3.63, 3.8) is 0 Å². The first-order valence-electron chi connectivity index (χ1n) is 10.7. The summed E-state index contributed by atoms with van der Waals surface area (Å²) in [4.78, 5) is 41.6. The van der Waals surface area contributed by atoms with Gasteiger partial charge in [-0.3, -0.25) is 19.3 Å². The van der Waals surface area contributed by atoms with Gasteiger partial charge in [0.05, 0.1) is 11.8 Å². The lowest BCUT2D eigenvalue weighted by molar-refractivity contribution is -0.146. The molecule has 1 saturated heterocycles. The first-order chi connectivity index (χ1) is 15.0. The van der Waals surface area contributed by atoms with Crippen molar-refractivity contribution in [3.8, 4) is 0 Å². The average molecular weight is 425 g/mol. The molecule has 2 heterocycles. The number of carbonyl (C=O) groups is 3. The molecule has 0 spiro atoms. The molecule has 1 aromatic heterocycles. The number of benzene rings is 1. The van der Waals surface area contributed by atoms with E-state index in [2.05, 4.69) is 10.3 Å². The first kappa shape index (κ1) is 21.1. The summed E-state index contributed by atoms with van der Waals surface area (Å²) < 4.78 is 0. The number of aliphatic carboxylic acids is 2. The zero-order chi connectivity index (χ0) is 22.0. The number of amides is 1. The number of fused-ring (bicyclic) bond motifs is 1. The van der Waals surface area contributed by atoms with Gasteiger partial charge in [-0.25, -0.2) is 0 Å². The highest BCUT2D eigenvalue weighted by atomic mass is 16.4. The van der Waals surface area contributed by atoms with E-state index >= 15 is 0 Å². The maximum atomic E-state index is 12.8. The number of hydrogen-bond donors (Lipinski definition) is 4. The number of likely N-dealkylation sites (tertiary alicyclic amines) is 1. The average Bonchev–Trinajstić information content (AvgIpc) is 3.17. The molecule has 0 radical (unpaired) electrons. The zero-order valence-electron chi connectivity index (χ0n) is 17.2. The Balaban J connectivity index is 1.60. The zero-order valence-corrected chi connectivity index (χ0v) is 17.2. The van der Waals surface area contributed by atoms with Gasteiger partial charge in [0.15, 0.2) is 0 Å². The summed E-state index contributed by atoms with van der Waals surface area (Å²) in [5.41, 5.74) is 1.99. The number of nitrogens with one attached hydrogen (secondary N) is 2. The standard InChI is InChI=1S/C23H27N3O5/c27-21(15-6-2-3-7-16(15)22(28)29)25-14-8-9-19-17(12-14)18(13-24-19)20(23(30)31)26-10-4-1-5-11-26/h2-3,8-9,12-13,15-16,20,24H,1,4-7,10-11H2,(H,25,27)(H,28,29)(H,30,31)/t15-,16-,20+/m0/s1. The van der Waals surface area contributed by atoms with Crippen LogP contribution in [0, 0.1) is 11.8 Å². The van der Waals surface area contributed by atoms with Gasteiger partial charge in [0.1, 0.15) is 6.04 Å². The number of allylic oxidation sites excluding steroid dienone is 2. The van der Waals surface area contributed by atoms with Crippen molar-refractivity contribution in [1.82, 2.24) is 9.88 Å². The fourth-order valence-corrected chi connectivity index (χ4v) is 4.72. The Morgan fingerprint density at radius 3 is 2.42 bits per heavy atom. The molecule has 3 atom stereocenters. The van der Waals surface area contributed by atoms with E-state index in [4.69, 9.17) is 0 Å². The van der Waals surface area contributed by atoms with E-state index in [1.54, 1.807) is 30.5 Å². The Bertz CT molecular complexity index is 1020. The highest BCUT2D eigenvalue weighted by Gasteiger charge is 2.34. The normalized spacial score (nSPS) is 22.8. The van der Waals surface area contributed by atoms with Crippen molar-refractivity contribution in [2.24, 2.45) is 11.8 Å². The molecule has 0 bridgehead atoms. The number of carbonyl (C=O) groups excluding carboxylic acids is 1. The third-order valence-electron chi connectivity index (χ3n) is 6.35. The topological polar surface area (TPSA) is 123 Å². The lowest BCUT2D eigenvalue weighted by Crippen LogP contribution is -2.37. The van der Waals surface area contributed by atoms with Gasteiger partial charge in [0.2, 0.25) is 5.91 Å². The summed E-state index contributed by atoms with van der Waals surface area (Å²) in [5, 5.41) is 23.0. The molecule has 0 saturated carbocycles. The Morgan fingerprint density at radius 1 is 1.03 bits per heavy atom. The molecule has 1 amide bonds. The van der Waals surface area contributed by atoms with Crippen LogP contribution >= 0.6 is 0 Å². The number of carboxylic acids is 2. The molecule has 164 valence electrons. The number of piperidine rings is 1. The highest BCUT2D eigenvalue weighted by molar-refractivity contribution is 5.98. The molecular formula is C23H27N3O5. The molecule has 1 aromatic carbocycles. The Hall–Kier alpha value is -3.13. The molecule has 0 unspecified atom stereocenters. The van der Waals surface area contributed by atoms with E-state index in [0.717, 1.165) is 43.3 Å². The minimum Gasteiger partial charge on any atom is -0.481 e. The maximum Gasteiger partial charge on any atom is 0.325 e. The van der Waals surface area contributed by atoms with E-state index < -0.39 is 29.8 Å². The molecule has 8 nitrogen and oxygen atoms in total. The van der Waals surface area contributed by atoms with Gasteiger partial charge in [0.25, 0.3) is 0 Å². The number of hydrogen-bond acceptors (Lipinski definition) is 4. The Morgan fingerprint density at radius 2 is 1.74 bits per heavy atom.